The van der Waals surface area contributed by atoms with Gasteiger partial charge in [-0.1, -0.05) is 22.9 Å². The fourth-order valence-corrected chi connectivity index (χ4v) is 3.55. The van der Waals surface area contributed by atoms with Crippen molar-refractivity contribution < 1.29 is 4.79 Å². The van der Waals surface area contributed by atoms with Crippen LogP contribution in [-0.2, 0) is 6.54 Å². The molecule has 1 aromatic carbocycles. The van der Waals surface area contributed by atoms with Gasteiger partial charge in [0.25, 0.3) is 0 Å². The van der Waals surface area contributed by atoms with E-state index in [1.54, 1.807) is 0 Å². The Bertz CT molecular complexity index is 738. The van der Waals surface area contributed by atoms with Gasteiger partial charge in [-0.15, -0.1) is 0 Å². The van der Waals surface area contributed by atoms with Crippen LogP contribution in [0.3, 0.4) is 0 Å². The minimum atomic E-state index is -0.0244. The average Bonchev–Trinajstić information content (AvgIpc) is 2.91. The van der Waals surface area contributed by atoms with Gasteiger partial charge in [-0.2, -0.15) is 0 Å². The summed E-state index contributed by atoms with van der Waals surface area (Å²) in [5.41, 5.74) is 4.45. The highest BCUT2D eigenvalue weighted by Crippen LogP contribution is 2.31. The number of aryl methyl sites for hydroxylation is 2. The fraction of sp³-hybridized carbons (Fsp3) is 0.389. The Morgan fingerprint density at radius 3 is 2.74 bits per heavy atom. The van der Waals surface area contributed by atoms with Crippen molar-refractivity contribution >= 4 is 27.6 Å². The topological polar surface area (TPSA) is 37.3 Å². The molecule has 2 heterocycles. The normalized spacial score (nSPS) is 17.0. The molecule has 0 aliphatic carbocycles. The molecule has 1 aliphatic rings. The van der Waals surface area contributed by atoms with Crippen molar-refractivity contribution in [1.29, 1.82) is 0 Å². The van der Waals surface area contributed by atoms with Gasteiger partial charge in [0.15, 0.2) is 0 Å². The Morgan fingerprint density at radius 2 is 2.04 bits per heavy atom. The number of amides is 2. The van der Waals surface area contributed by atoms with Crippen LogP contribution < -0.4 is 5.32 Å². The van der Waals surface area contributed by atoms with Gasteiger partial charge in [0.1, 0.15) is 0 Å². The molecular formula is C18H22BrN3O. The quantitative estimate of drug-likeness (QED) is 0.798. The molecular weight excluding hydrogens is 354 g/mol. The van der Waals surface area contributed by atoms with Crippen molar-refractivity contribution in [2.75, 3.05) is 11.9 Å². The predicted octanol–water partition coefficient (Wildman–Crippen LogP) is 4.87. The number of urea groups is 1. The van der Waals surface area contributed by atoms with Crippen molar-refractivity contribution in [2.45, 2.75) is 39.8 Å². The second-order valence-electron chi connectivity index (χ2n) is 6.06. The number of rotatable bonds is 2. The van der Waals surface area contributed by atoms with E-state index >= 15 is 0 Å². The van der Waals surface area contributed by atoms with Gasteiger partial charge in [-0.05, 0) is 56.2 Å². The number of anilines is 1. The monoisotopic (exact) mass is 375 g/mol. The Morgan fingerprint density at radius 1 is 1.26 bits per heavy atom. The van der Waals surface area contributed by atoms with Gasteiger partial charge < -0.3 is 14.8 Å². The summed E-state index contributed by atoms with van der Waals surface area (Å²) in [6.45, 7) is 7.87. The number of hydrogen-bond donors (Lipinski definition) is 1. The third kappa shape index (κ3) is 3.02. The molecule has 0 unspecified atom stereocenters. The second-order valence-corrected chi connectivity index (χ2v) is 6.92. The molecule has 2 aromatic rings. The Labute approximate surface area is 145 Å². The van der Waals surface area contributed by atoms with E-state index in [1.807, 2.05) is 30.0 Å². The van der Waals surface area contributed by atoms with Gasteiger partial charge in [-0.25, -0.2) is 4.79 Å². The minimum Gasteiger partial charge on any atom is -0.345 e. The number of carbonyl (C=O) groups is 1. The first-order valence-electron chi connectivity index (χ1n) is 8.01. The van der Waals surface area contributed by atoms with E-state index in [4.69, 9.17) is 0 Å². The number of aromatic nitrogens is 1. The molecule has 5 heteroatoms. The van der Waals surface area contributed by atoms with Crippen LogP contribution in [0, 0.1) is 13.8 Å². The summed E-state index contributed by atoms with van der Waals surface area (Å²) in [6.07, 6.45) is 0.913. The van der Waals surface area contributed by atoms with Gasteiger partial charge in [-0.3, -0.25) is 0 Å². The molecule has 1 atom stereocenters. The summed E-state index contributed by atoms with van der Waals surface area (Å²) < 4.78 is 3.37. The number of nitrogens with zero attached hydrogens (tertiary/aromatic N) is 2. The van der Waals surface area contributed by atoms with E-state index in [0.717, 1.165) is 35.2 Å². The van der Waals surface area contributed by atoms with Crippen LogP contribution in [0.5, 0.6) is 0 Å². The zero-order valence-corrected chi connectivity index (χ0v) is 15.4. The molecule has 0 fully saturated rings. The van der Waals surface area contributed by atoms with Crippen molar-refractivity contribution in [3.05, 3.63) is 51.8 Å². The molecule has 0 radical (unpaired) electrons. The zero-order valence-electron chi connectivity index (χ0n) is 13.8. The van der Waals surface area contributed by atoms with E-state index in [1.165, 1.54) is 11.4 Å². The predicted molar refractivity (Wildman–Crippen MR) is 96.8 cm³/mol. The molecule has 0 spiro atoms. The molecule has 4 nitrogen and oxygen atoms in total. The van der Waals surface area contributed by atoms with Crippen LogP contribution in [0.2, 0.25) is 0 Å². The first-order valence-corrected chi connectivity index (χ1v) is 8.80. The Kier molecular flexibility index (Phi) is 4.48. The van der Waals surface area contributed by atoms with Crippen molar-refractivity contribution in [3.8, 4) is 0 Å². The average molecular weight is 376 g/mol. The molecule has 1 aromatic heterocycles. The second kappa shape index (κ2) is 6.40. The van der Waals surface area contributed by atoms with Crippen LogP contribution in [0.1, 0.15) is 36.3 Å². The lowest BCUT2D eigenvalue weighted by atomic mass is 10.1. The molecule has 1 aliphatic heterocycles. The smallest absolute Gasteiger partial charge is 0.322 e. The Balaban J connectivity index is 1.80. The van der Waals surface area contributed by atoms with Gasteiger partial charge in [0.05, 0.1) is 6.04 Å². The van der Waals surface area contributed by atoms with Crippen molar-refractivity contribution in [1.82, 2.24) is 9.47 Å². The highest BCUT2D eigenvalue weighted by molar-refractivity contribution is 9.10. The van der Waals surface area contributed by atoms with Crippen LogP contribution in [0.15, 0.2) is 34.8 Å². The first-order chi connectivity index (χ1) is 11.0. The van der Waals surface area contributed by atoms with Crippen LogP contribution in [0.4, 0.5) is 10.5 Å². The number of hydrogen-bond acceptors (Lipinski definition) is 1. The number of benzene rings is 1. The molecule has 23 heavy (non-hydrogen) atoms. The number of nitrogens with one attached hydrogen (secondary N) is 1. The largest absolute Gasteiger partial charge is 0.345 e. The van der Waals surface area contributed by atoms with Gasteiger partial charge in [0.2, 0.25) is 0 Å². The van der Waals surface area contributed by atoms with E-state index in [-0.39, 0.29) is 12.1 Å². The third-order valence-corrected chi connectivity index (χ3v) is 5.46. The highest BCUT2D eigenvalue weighted by atomic mass is 79.9. The molecule has 2 amide bonds. The van der Waals surface area contributed by atoms with Gasteiger partial charge in [0, 0.05) is 34.6 Å². The lowest BCUT2D eigenvalue weighted by Gasteiger charge is -2.37. The fourth-order valence-electron chi connectivity index (χ4n) is 3.30. The van der Waals surface area contributed by atoms with Crippen LogP contribution in [-0.4, -0.2) is 22.0 Å². The summed E-state index contributed by atoms with van der Waals surface area (Å²) in [5, 5.41) is 3.04. The van der Waals surface area contributed by atoms with Crippen LogP contribution in [0.25, 0.3) is 0 Å². The maximum absolute atomic E-state index is 12.7. The molecule has 0 bridgehead atoms. The molecule has 0 saturated heterocycles. The Hall–Kier alpha value is -1.75. The zero-order chi connectivity index (χ0) is 16.6. The molecule has 1 N–H and O–H groups in total. The molecule has 3 rings (SSSR count). The molecule has 0 saturated carbocycles. The molecule has 122 valence electrons. The first kappa shape index (κ1) is 16.1. The van der Waals surface area contributed by atoms with Gasteiger partial charge >= 0.3 is 6.03 Å². The summed E-state index contributed by atoms with van der Waals surface area (Å²) in [6, 6.07) is 10.3. The summed E-state index contributed by atoms with van der Waals surface area (Å²) >= 11 is 3.49. The van der Waals surface area contributed by atoms with Crippen molar-refractivity contribution in [2.24, 2.45) is 0 Å². The third-order valence-electron chi connectivity index (χ3n) is 4.57. The van der Waals surface area contributed by atoms with E-state index in [0.29, 0.717) is 0 Å². The standard InChI is InChI=1S/C18H22BrN3O/c1-4-16-17-8-5-13(3)21(17)9-10-22(16)18(23)20-14-6-7-15(19)12(2)11-14/h5-8,11,16H,4,9-10H2,1-3H3,(H,20,23)/t16-/m1/s1. The maximum atomic E-state index is 12.7. The minimum absolute atomic E-state index is 0.0244. The summed E-state index contributed by atoms with van der Waals surface area (Å²) in [5.74, 6) is 0. The van der Waals surface area contributed by atoms with E-state index in [2.05, 4.69) is 51.8 Å². The lowest BCUT2D eigenvalue weighted by molar-refractivity contribution is 0.165. The number of carbonyl (C=O) groups excluding carboxylic acids is 1. The van der Waals surface area contributed by atoms with Crippen LogP contribution >= 0.6 is 15.9 Å². The SMILES string of the molecule is CC[C@@H]1c2ccc(C)n2CCN1C(=O)Nc1ccc(Br)c(C)c1. The van der Waals surface area contributed by atoms with Crippen molar-refractivity contribution in [3.63, 3.8) is 0 Å². The number of fused-ring (bicyclic) bond motifs is 1. The van der Waals surface area contributed by atoms with E-state index < -0.39 is 0 Å². The summed E-state index contributed by atoms with van der Waals surface area (Å²) in [4.78, 5) is 14.7. The highest BCUT2D eigenvalue weighted by Gasteiger charge is 2.30. The maximum Gasteiger partial charge on any atom is 0.322 e. The number of halogens is 1. The van der Waals surface area contributed by atoms with E-state index in [9.17, 15) is 4.79 Å². The summed E-state index contributed by atoms with van der Waals surface area (Å²) in [7, 11) is 0. The lowest BCUT2D eigenvalue weighted by Crippen LogP contribution is -2.44.